The lowest BCUT2D eigenvalue weighted by molar-refractivity contribution is -0.0000151. The molecule has 0 saturated heterocycles. The van der Waals surface area contributed by atoms with Crippen LogP contribution in [0.2, 0.25) is 0 Å². The summed E-state index contributed by atoms with van der Waals surface area (Å²) in [6.45, 7) is 1.28. The first-order valence-corrected chi connectivity index (χ1v) is 7.47. The zero-order valence-corrected chi connectivity index (χ0v) is 14.8. The molecule has 0 aliphatic heterocycles. The molecular weight excluding hydrogens is 361 g/mol. The Kier molecular flexibility index (Phi) is 5.52. The third-order valence-corrected chi connectivity index (χ3v) is 3.82. The van der Waals surface area contributed by atoms with Gasteiger partial charge in [0.05, 0.1) is 24.2 Å². The molecule has 2 N–H and O–H groups in total. The van der Waals surface area contributed by atoms with Crippen molar-refractivity contribution in [3.8, 4) is 22.7 Å². The van der Waals surface area contributed by atoms with Crippen LogP contribution in [0.4, 0.5) is 10.1 Å². The molecular formula is C18H16ClFN3O3-. The second kappa shape index (κ2) is 7.45. The Hall–Kier alpha value is -3.06. The number of anilines is 1. The molecule has 0 atom stereocenters. The van der Waals surface area contributed by atoms with Crippen LogP contribution in [0.1, 0.15) is 11.7 Å². The summed E-state index contributed by atoms with van der Waals surface area (Å²) in [6, 6.07) is 10.6. The van der Waals surface area contributed by atoms with Crippen LogP contribution in [-0.2, 0) is 0 Å². The van der Waals surface area contributed by atoms with Gasteiger partial charge in [0.2, 0.25) is 5.91 Å². The van der Waals surface area contributed by atoms with Crippen molar-refractivity contribution in [3.63, 3.8) is 0 Å². The summed E-state index contributed by atoms with van der Waals surface area (Å²) in [4.78, 5) is 24.5. The molecule has 3 aromatic rings. The van der Waals surface area contributed by atoms with E-state index in [1.165, 1.54) is 43.0 Å². The predicted molar refractivity (Wildman–Crippen MR) is 92.7 cm³/mol. The number of rotatable bonds is 3. The van der Waals surface area contributed by atoms with E-state index < -0.39 is 17.4 Å². The minimum Gasteiger partial charge on any atom is -1.00 e. The quantitative estimate of drug-likeness (QED) is 0.637. The van der Waals surface area contributed by atoms with Gasteiger partial charge in [-0.3, -0.25) is 9.36 Å². The fraction of sp³-hybridized carbons (Fsp3) is 0.111. The van der Waals surface area contributed by atoms with Crippen LogP contribution in [0.15, 0.2) is 53.5 Å². The monoisotopic (exact) mass is 376 g/mol. The first-order chi connectivity index (χ1) is 11.9. The highest BCUT2D eigenvalue weighted by atomic mass is 35.5. The van der Waals surface area contributed by atoms with E-state index in [-0.39, 0.29) is 12.4 Å². The van der Waals surface area contributed by atoms with Crippen molar-refractivity contribution in [2.75, 3.05) is 12.8 Å². The molecule has 0 fully saturated rings. The highest BCUT2D eigenvalue weighted by Crippen LogP contribution is 2.27. The van der Waals surface area contributed by atoms with Crippen LogP contribution in [0.3, 0.4) is 0 Å². The van der Waals surface area contributed by atoms with Gasteiger partial charge in [0.15, 0.2) is 0 Å². The van der Waals surface area contributed by atoms with Crippen LogP contribution in [0.25, 0.3) is 16.9 Å². The van der Waals surface area contributed by atoms with Gasteiger partial charge in [-0.2, -0.15) is 0 Å². The summed E-state index contributed by atoms with van der Waals surface area (Å²) in [7, 11) is 1.49. The molecule has 0 saturated carbocycles. The molecule has 136 valence electrons. The number of halogens is 2. The summed E-state index contributed by atoms with van der Waals surface area (Å²) in [5.41, 5.74) is 7.00. The molecule has 1 heterocycles. The number of nitrogens with zero attached hydrogens (tertiary/aromatic N) is 2. The molecule has 26 heavy (non-hydrogen) atoms. The Morgan fingerprint density at radius 1 is 1.19 bits per heavy atom. The number of aromatic nitrogens is 2. The van der Waals surface area contributed by atoms with E-state index in [4.69, 9.17) is 10.5 Å². The lowest BCUT2D eigenvalue weighted by Crippen LogP contribution is -3.00. The minimum absolute atomic E-state index is 0. The molecule has 3 rings (SSSR count). The molecule has 6 nitrogen and oxygen atoms in total. The van der Waals surface area contributed by atoms with Crippen molar-refractivity contribution < 1.29 is 26.3 Å². The van der Waals surface area contributed by atoms with E-state index in [1.807, 2.05) is 0 Å². The first kappa shape index (κ1) is 19.3. The van der Waals surface area contributed by atoms with E-state index in [0.29, 0.717) is 28.4 Å². The van der Waals surface area contributed by atoms with Crippen molar-refractivity contribution in [2.24, 2.45) is 0 Å². The Labute approximate surface area is 155 Å². The smallest absolute Gasteiger partial charge is 0.340 e. The Bertz CT molecular complexity index is 1030. The summed E-state index contributed by atoms with van der Waals surface area (Å²) < 4.78 is 21.0. The third kappa shape index (κ3) is 3.34. The number of hydrogen-bond donors (Lipinski definition) is 1. The first-order valence-electron chi connectivity index (χ1n) is 7.47. The largest absolute Gasteiger partial charge is 1.00 e. The number of carbonyl (C=O) groups excluding carboxylic acids is 1. The molecule has 0 amide bonds. The molecule has 0 bridgehead atoms. The SMILES string of the molecule is COc1ccc(-n2c(-c3cccc(F)c3)cn(C(C)=O)c2=O)cc1N.[Cl-]. The van der Waals surface area contributed by atoms with Gasteiger partial charge in [0.25, 0.3) is 0 Å². The van der Waals surface area contributed by atoms with Crippen LogP contribution < -0.4 is 28.6 Å². The molecule has 8 heteroatoms. The van der Waals surface area contributed by atoms with Crippen LogP contribution in [0.5, 0.6) is 5.75 Å². The maximum Gasteiger partial charge on any atom is 0.340 e. The fourth-order valence-electron chi connectivity index (χ4n) is 2.63. The Morgan fingerprint density at radius 2 is 1.92 bits per heavy atom. The summed E-state index contributed by atoms with van der Waals surface area (Å²) in [5, 5.41) is 0. The van der Waals surface area contributed by atoms with Crippen LogP contribution in [-0.4, -0.2) is 22.2 Å². The number of benzene rings is 2. The zero-order valence-electron chi connectivity index (χ0n) is 14.1. The van der Waals surface area contributed by atoms with E-state index in [1.54, 1.807) is 24.3 Å². The van der Waals surface area contributed by atoms with Crippen molar-refractivity contribution in [1.82, 2.24) is 9.13 Å². The zero-order chi connectivity index (χ0) is 18.1. The third-order valence-electron chi connectivity index (χ3n) is 3.82. The molecule has 0 aliphatic rings. The molecule has 0 spiro atoms. The highest BCUT2D eigenvalue weighted by Gasteiger charge is 2.18. The van der Waals surface area contributed by atoms with Crippen molar-refractivity contribution >= 4 is 11.6 Å². The van der Waals surface area contributed by atoms with Crippen molar-refractivity contribution in [1.29, 1.82) is 0 Å². The maximum atomic E-state index is 13.6. The Morgan fingerprint density at radius 3 is 2.50 bits per heavy atom. The molecule has 0 aliphatic carbocycles. The summed E-state index contributed by atoms with van der Waals surface area (Å²) in [5.74, 6) is -0.417. The standard InChI is InChI=1S/C18H16FN3O3.ClH/c1-11(23)21-10-16(12-4-3-5-13(19)8-12)22(18(21)24)14-6-7-17(25-2)15(20)9-14;/h3-10H,20H2,1-2H3;1H/p-1. The van der Waals surface area contributed by atoms with Gasteiger partial charge in [-0.1, -0.05) is 12.1 Å². The van der Waals surface area contributed by atoms with Gasteiger partial charge in [0.1, 0.15) is 11.6 Å². The number of ether oxygens (including phenoxy) is 1. The lowest BCUT2D eigenvalue weighted by Gasteiger charge is -2.10. The van der Waals surface area contributed by atoms with Gasteiger partial charge >= 0.3 is 5.69 Å². The molecule has 0 radical (unpaired) electrons. The van der Waals surface area contributed by atoms with Crippen LogP contribution in [0, 0.1) is 5.82 Å². The second-order valence-electron chi connectivity index (χ2n) is 5.46. The molecule has 2 aromatic carbocycles. The number of carbonyl (C=O) groups is 1. The topological polar surface area (TPSA) is 79.2 Å². The van der Waals surface area contributed by atoms with Crippen molar-refractivity contribution in [3.05, 3.63) is 65.0 Å². The highest BCUT2D eigenvalue weighted by molar-refractivity contribution is 5.78. The number of imidazole rings is 1. The fourth-order valence-corrected chi connectivity index (χ4v) is 2.63. The number of nitrogens with two attached hydrogens (primary N) is 1. The van der Waals surface area contributed by atoms with Gasteiger partial charge in [-0.25, -0.2) is 13.8 Å². The number of methoxy groups -OCH3 is 1. The van der Waals surface area contributed by atoms with E-state index >= 15 is 0 Å². The average Bonchev–Trinajstić information content (AvgIpc) is 2.92. The molecule has 1 aromatic heterocycles. The van der Waals surface area contributed by atoms with Gasteiger partial charge in [0, 0.05) is 18.7 Å². The van der Waals surface area contributed by atoms with Gasteiger partial charge in [-0.05, 0) is 30.3 Å². The minimum atomic E-state index is -0.559. The van der Waals surface area contributed by atoms with Gasteiger partial charge < -0.3 is 22.9 Å². The normalized spacial score (nSPS) is 10.3. The lowest BCUT2D eigenvalue weighted by atomic mass is 10.1. The number of hydrogen-bond acceptors (Lipinski definition) is 4. The average molecular weight is 377 g/mol. The summed E-state index contributed by atoms with van der Waals surface area (Å²) >= 11 is 0. The summed E-state index contributed by atoms with van der Waals surface area (Å²) in [6.07, 6.45) is 1.39. The van der Waals surface area contributed by atoms with Crippen LogP contribution >= 0.6 is 0 Å². The second-order valence-corrected chi connectivity index (χ2v) is 5.46. The Balaban J connectivity index is 0.00000243. The van der Waals surface area contributed by atoms with E-state index in [2.05, 4.69) is 0 Å². The van der Waals surface area contributed by atoms with E-state index in [9.17, 15) is 14.0 Å². The molecule has 0 unspecified atom stereocenters. The van der Waals surface area contributed by atoms with Crippen molar-refractivity contribution in [2.45, 2.75) is 6.92 Å². The maximum absolute atomic E-state index is 13.6. The van der Waals surface area contributed by atoms with E-state index in [0.717, 1.165) is 4.57 Å². The predicted octanol–water partition coefficient (Wildman–Crippen LogP) is -0.300. The number of nitrogen functional groups attached to an aromatic ring is 1. The van der Waals surface area contributed by atoms with Gasteiger partial charge in [-0.15, -0.1) is 0 Å².